The van der Waals surface area contributed by atoms with Crippen LogP contribution >= 0.6 is 27.3 Å². The molecular weight excluding hydrogens is 366 g/mol. The minimum Gasteiger partial charge on any atom is -0.391 e. The lowest BCUT2D eigenvalue weighted by Gasteiger charge is -2.08. The third-order valence-electron chi connectivity index (χ3n) is 2.36. The van der Waals surface area contributed by atoms with Gasteiger partial charge in [-0.2, -0.15) is 0 Å². The molecule has 116 valence electrons. The number of hydrogen-bond acceptors (Lipinski definition) is 5. The summed E-state index contributed by atoms with van der Waals surface area (Å²) in [6.45, 7) is 5.51. The molecule has 0 radical (unpaired) electrons. The maximum atomic E-state index is 12.1. The van der Waals surface area contributed by atoms with E-state index in [1.54, 1.807) is 0 Å². The molecule has 1 rings (SSSR count). The molecule has 0 bridgehead atoms. The summed E-state index contributed by atoms with van der Waals surface area (Å²) in [5.74, 6) is 0.477. The van der Waals surface area contributed by atoms with Crippen molar-refractivity contribution in [2.45, 2.75) is 31.8 Å². The fraction of sp³-hybridized carbons (Fsp3) is 0.667. The average molecular weight is 386 g/mol. The van der Waals surface area contributed by atoms with Gasteiger partial charge < -0.3 is 9.84 Å². The second-order valence-electron chi connectivity index (χ2n) is 4.73. The van der Waals surface area contributed by atoms with Crippen molar-refractivity contribution in [3.05, 3.63) is 14.7 Å². The zero-order chi connectivity index (χ0) is 15.2. The SMILES string of the molecule is CC(C)COCCCNS(=O)(=O)c1cc(CO)sc1Br. The van der Waals surface area contributed by atoms with Gasteiger partial charge in [0.15, 0.2) is 0 Å². The molecule has 0 aliphatic heterocycles. The molecule has 1 heterocycles. The number of hydrogen-bond donors (Lipinski definition) is 2. The molecular formula is C12H20BrNO4S2. The van der Waals surface area contributed by atoms with Crippen LogP contribution in [0.2, 0.25) is 0 Å². The topological polar surface area (TPSA) is 75.6 Å². The van der Waals surface area contributed by atoms with Crippen molar-refractivity contribution in [2.24, 2.45) is 5.92 Å². The largest absolute Gasteiger partial charge is 0.391 e. The lowest BCUT2D eigenvalue weighted by Crippen LogP contribution is -2.25. The molecule has 0 aliphatic rings. The van der Waals surface area contributed by atoms with Crippen molar-refractivity contribution >= 4 is 37.3 Å². The molecule has 8 heteroatoms. The highest BCUT2D eigenvalue weighted by molar-refractivity contribution is 9.11. The van der Waals surface area contributed by atoms with Crippen LogP contribution in [0.1, 0.15) is 25.1 Å². The molecule has 20 heavy (non-hydrogen) atoms. The van der Waals surface area contributed by atoms with Crippen molar-refractivity contribution in [3.8, 4) is 0 Å². The first-order valence-electron chi connectivity index (χ1n) is 6.33. The molecule has 0 aliphatic carbocycles. The van der Waals surface area contributed by atoms with E-state index in [1.807, 2.05) is 0 Å². The maximum Gasteiger partial charge on any atom is 0.242 e. The van der Waals surface area contributed by atoms with Gasteiger partial charge in [-0.3, -0.25) is 0 Å². The maximum absolute atomic E-state index is 12.1. The smallest absolute Gasteiger partial charge is 0.242 e. The molecule has 0 fully saturated rings. The van der Waals surface area contributed by atoms with Gasteiger partial charge in [0.1, 0.15) is 4.90 Å². The third-order valence-corrected chi connectivity index (χ3v) is 6.06. The van der Waals surface area contributed by atoms with Crippen molar-refractivity contribution in [1.82, 2.24) is 4.72 Å². The Morgan fingerprint density at radius 2 is 2.20 bits per heavy atom. The molecule has 0 atom stereocenters. The standard InChI is InChI=1S/C12H20BrNO4S2/c1-9(2)8-18-5-3-4-14-20(16,17)11-6-10(7-15)19-12(11)13/h6,9,14-15H,3-5,7-8H2,1-2H3. The number of ether oxygens (including phenoxy) is 1. The minimum absolute atomic E-state index is 0.165. The number of sulfonamides is 1. The number of rotatable bonds is 9. The number of halogens is 1. The molecule has 0 saturated carbocycles. The van der Waals surface area contributed by atoms with E-state index in [1.165, 1.54) is 17.4 Å². The molecule has 0 saturated heterocycles. The van der Waals surface area contributed by atoms with Crippen LogP contribution in [-0.4, -0.2) is 33.3 Å². The Balaban J connectivity index is 2.43. The predicted molar refractivity (Wildman–Crippen MR) is 83.4 cm³/mol. The van der Waals surface area contributed by atoms with E-state index in [2.05, 4.69) is 34.5 Å². The Morgan fingerprint density at radius 1 is 1.50 bits per heavy atom. The zero-order valence-corrected chi connectivity index (χ0v) is 14.8. The van der Waals surface area contributed by atoms with E-state index in [9.17, 15) is 8.42 Å². The van der Waals surface area contributed by atoms with Crippen molar-refractivity contribution in [1.29, 1.82) is 0 Å². The molecule has 0 spiro atoms. The zero-order valence-electron chi connectivity index (χ0n) is 11.6. The molecule has 1 aromatic rings. The van der Waals surface area contributed by atoms with Gasteiger partial charge in [-0.05, 0) is 34.3 Å². The van der Waals surface area contributed by atoms with E-state index in [4.69, 9.17) is 9.84 Å². The summed E-state index contributed by atoms with van der Waals surface area (Å²) in [6.07, 6.45) is 0.626. The summed E-state index contributed by atoms with van der Waals surface area (Å²) in [6, 6.07) is 1.48. The van der Waals surface area contributed by atoms with Crippen molar-refractivity contribution in [3.63, 3.8) is 0 Å². The Kier molecular flexibility index (Phi) is 7.63. The normalized spacial score (nSPS) is 12.2. The number of nitrogens with one attached hydrogen (secondary N) is 1. The Bertz CT molecular complexity index is 514. The molecule has 0 aromatic carbocycles. The van der Waals surface area contributed by atoms with Gasteiger partial charge in [-0.15, -0.1) is 11.3 Å². The molecule has 5 nitrogen and oxygen atoms in total. The summed E-state index contributed by atoms with van der Waals surface area (Å²) in [7, 11) is -3.54. The summed E-state index contributed by atoms with van der Waals surface area (Å²) in [4.78, 5) is 0.784. The Hall–Kier alpha value is 0.01000. The van der Waals surface area contributed by atoms with Crippen LogP contribution in [0.4, 0.5) is 0 Å². The molecule has 0 amide bonds. The number of thiophene rings is 1. The quantitative estimate of drug-likeness (QED) is 0.639. The highest BCUT2D eigenvalue weighted by Gasteiger charge is 2.20. The van der Waals surface area contributed by atoms with Gasteiger partial charge in [-0.25, -0.2) is 13.1 Å². The van der Waals surface area contributed by atoms with Crippen LogP contribution in [0.3, 0.4) is 0 Å². The van der Waals surface area contributed by atoms with Crippen LogP contribution in [0.25, 0.3) is 0 Å². The van der Waals surface area contributed by atoms with Crippen LogP contribution in [0.5, 0.6) is 0 Å². The van der Waals surface area contributed by atoms with Crippen LogP contribution in [-0.2, 0) is 21.4 Å². The van der Waals surface area contributed by atoms with E-state index >= 15 is 0 Å². The van der Waals surface area contributed by atoms with Gasteiger partial charge in [0.2, 0.25) is 10.0 Å². The summed E-state index contributed by atoms with van der Waals surface area (Å²) < 4.78 is 32.6. The average Bonchev–Trinajstić information content (AvgIpc) is 2.75. The van der Waals surface area contributed by atoms with E-state index in [-0.39, 0.29) is 11.5 Å². The minimum atomic E-state index is -3.54. The van der Waals surface area contributed by atoms with Crippen molar-refractivity contribution < 1.29 is 18.3 Å². The fourth-order valence-corrected chi connectivity index (χ4v) is 5.05. The first-order chi connectivity index (χ1) is 9.36. The third kappa shape index (κ3) is 5.79. The highest BCUT2D eigenvalue weighted by atomic mass is 79.9. The summed E-state index contributed by atoms with van der Waals surface area (Å²) >= 11 is 4.42. The van der Waals surface area contributed by atoms with E-state index in [0.29, 0.717) is 40.8 Å². The molecule has 0 unspecified atom stereocenters. The molecule has 1 aromatic heterocycles. The van der Waals surface area contributed by atoms with Crippen LogP contribution in [0, 0.1) is 5.92 Å². The predicted octanol–water partition coefficient (Wildman–Crippen LogP) is 2.34. The Labute approximate surface area is 132 Å². The van der Waals surface area contributed by atoms with Gasteiger partial charge in [-0.1, -0.05) is 13.8 Å². The molecule has 2 N–H and O–H groups in total. The first-order valence-corrected chi connectivity index (χ1v) is 9.42. The van der Waals surface area contributed by atoms with E-state index < -0.39 is 10.0 Å². The highest BCUT2D eigenvalue weighted by Crippen LogP contribution is 2.31. The number of aliphatic hydroxyl groups excluding tert-OH is 1. The fourth-order valence-electron chi connectivity index (χ4n) is 1.44. The summed E-state index contributed by atoms with van der Waals surface area (Å²) in [5.41, 5.74) is 0. The van der Waals surface area contributed by atoms with Crippen molar-refractivity contribution in [2.75, 3.05) is 19.8 Å². The van der Waals surface area contributed by atoms with Gasteiger partial charge >= 0.3 is 0 Å². The second kappa shape index (κ2) is 8.45. The number of aliphatic hydroxyl groups is 1. The van der Waals surface area contributed by atoms with Gasteiger partial charge in [0, 0.05) is 24.6 Å². The van der Waals surface area contributed by atoms with Gasteiger partial charge in [0.25, 0.3) is 0 Å². The second-order valence-corrected chi connectivity index (χ2v) is 8.92. The van der Waals surface area contributed by atoms with Gasteiger partial charge in [0.05, 0.1) is 10.4 Å². The Morgan fingerprint density at radius 3 is 2.75 bits per heavy atom. The monoisotopic (exact) mass is 385 g/mol. The van der Waals surface area contributed by atoms with Crippen LogP contribution in [0.15, 0.2) is 14.7 Å². The summed E-state index contributed by atoms with van der Waals surface area (Å²) in [5, 5.41) is 9.02. The lowest BCUT2D eigenvalue weighted by atomic mass is 10.2. The lowest BCUT2D eigenvalue weighted by molar-refractivity contribution is 0.108. The first kappa shape index (κ1) is 18.1. The van der Waals surface area contributed by atoms with E-state index in [0.717, 1.165) is 0 Å². The van der Waals surface area contributed by atoms with Crippen LogP contribution < -0.4 is 4.72 Å².